The van der Waals surface area contributed by atoms with Gasteiger partial charge in [0.05, 0.1) is 22.1 Å². The van der Waals surface area contributed by atoms with E-state index in [2.05, 4.69) is 5.10 Å². The van der Waals surface area contributed by atoms with Gasteiger partial charge in [-0.1, -0.05) is 11.6 Å². The summed E-state index contributed by atoms with van der Waals surface area (Å²) >= 11 is 11.5. The second-order valence-electron chi connectivity index (χ2n) is 3.72. The Labute approximate surface area is 109 Å². The molecule has 0 amide bonds. The van der Waals surface area contributed by atoms with Crippen LogP contribution in [-0.4, -0.2) is 15.0 Å². The van der Waals surface area contributed by atoms with Crippen LogP contribution in [0.2, 0.25) is 5.02 Å². The summed E-state index contributed by atoms with van der Waals surface area (Å²) in [7, 11) is 0. The van der Waals surface area contributed by atoms with Crippen molar-refractivity contribution in [1.29, 1.82) is 0 Å². The fourth-order valence-electron chi connectivity index (χ4n) is 1.61. The fourth-order valence-corrected chi connectivity index (χ4v) is 1.85. The summed E-state index contributed by atoms with van der Waals surface area (Å²) in [6.45, 7) is 3.74. The molecule has 3 nitrogen and oxygen atoms in total. The van der Waals surface area contributed by atoms with Crippen molar-refractivity contribution < 1.29 is 4.79 Å². The molecule has 0 aliphatic heterocycles. The van der Waals surface area contributed by atoms with Gasteiger partial charge in [0.2, 0.25) is 0 Å². The van der Waals surface area contributed by atoms with Crippen LogP contribution in [0, 0.1) is 13.8 Å². The Morgan fingerprint density at radius 3 is 2.24 bits per heavy atom. The topological polar surface area (TPSA) is 34.9 Å². The van der Waals surface area contributed by atoms with Crippen LogP contribution in [0.5, 0.6) is 0 Å². The van der Waals surface area contributed by atoms with E-state index in [0.717, 1.165) is 17.1 Å². The van der Waals surface area contributed by atoms with Gasteiger partial charge in [0, 0.05) is 5.56 Å². The number of carbonyl (C=O) groups excluding carboxylic acids is 1. The van der Waals surface area contributed by atoms with Crippen LogP contribution in [0.25, 0.3) is 5.69 Å². The van der Waals surface area contributed by atoms with Crippen molar-refractivity contribution in [2.45, 2.75) is 13.8 Å². The molecule has 2 aromatic rings. The van der Waals surface area contributed by atoms with Crippen molar-refractivity contribution in [2.75, 3.05) is 0 Å². The molecule has 0 atom stereocenters. The first-order valence-electron chi connectivity index (χ1n) is 5.02. The molecule has 0 saturated heterocycles. The molecule has 0 unspecified atom stereocenters. The lowest BCUT2D eigenvalue weighted by Gasteiger charge is -2.04. The summed E-state index contributed by atoms with van der Waals surface area (Å²) in [6.07, 6.45) is 0. The van der Waals surface area contributed by atoms with E-state index in [0.29, 0.717) is 10.6 Å². The Kier molecular flexibility index (Phi) is 3.22. The molecule has 0 radical (unpaired) electrons. The highest BCUT2D eigenvalue weighted by molar-refractivity contribution is 6.67. The van der Waals surface area contributed by atoms with Crippen molar-refractivity contribution >= 4 is 28.4 Å². The highest BCUT2D eigenvalue weighted by atomic mass is 35.5. The maximum absolute atomic E-state index is 10.9. The lowest BCUT2D eigenvalue weighted by molar-refractivity contribution is 0.108. The smallest absolute Gasteiger partial charge is 0.252 e. The van der Waals surface area contributed by atoms with Gasteiger partial charge in [0.15, 0.2) is 0 Å². The van der Waals surface area contributed by atoms with E-state index in [1.807, 2.05) is 13.8 Å². The van der Waals surface area contributed by atoms with Gasteiger partial charge >= 0.3 is 0 Å². The van der Waals surface area contributed by atoms with Crippen LogP contribution in [0.15, 0.2) is 24.3 Å². The molecule has 0 saturated carbocycles. The van der Waals surface area contributed by atoms with E-state index in [1.165, 1.54) is 0 Å². The lowest BCUT2D eigenvalue weighted by Crippen LogP contribution is -1.99. The fraction of sp³-hybridized carbons (Fsp3) is 0.167. The van der Waals surface area contributed by atoms with Gasteiger partial charge in [-0.3, -0.25) is 4.79 Å². The molecule has 0 spiro atoms. The third kappa shape index (κ3) is 2.21. The van der Waals surface area contributed by atoms with E-state index in [4.69, 9.17) is 23.2 Å². The Balaban J connectivity index is 2.47. The number of aryl methyl sites for hydroxylation is 1. The van der Waals surface area contributed by atoms with Crippen LogP contribution in [0.4, 0.5) is 0 Å². The highest BCUT2D eigenvalue weighted by Gasteiger charge is 2.10. The van der Waals surface area contributed by atoms with Crippen LogP contribution in [0.3, 0.4) is 0 Å². The minimum atomic E-state index is -0.469. The molecule has 88 valence electrons. The van der Waals surface area contributed by atoms with E-state index >= 15 is 0 Å². The van der Waals surface area contributed by atoms with Crippen molar-refractivity contribution in [3.63, 3.8) is 0 Å². The molecule has 1 heterocycles. The van der Waals surface area contributed by atoms with Crippen LogP contribution >= 0.6 is 23.2 Å². The van der Waals surface area contributed by atoms with Crippen LogP contribution in [0.1, 0.15) is 21.7 Å². The highest BCUT2D eigenvalue weighted by Crippen LogP contribution is 2.22. The van der Waals surface area contributed by atoms with Gasteiger partial charge in [-0.15, -0.1) is 0 Å². The first-order chi connectivity index (χ1) is 8.00. The molecule has 0 bridgehead atoms. The van der Waals surface area contributed by atoms with Gasteiger partial charge < -0.3 is 0 Å². The Hall–Kier alpha value is -1.32. The Morgan fingerprint density at radius 2 is 1.82 bits per heavy atom. The number of carbonyl (C=O) groups is 1. The molecular formula is C12H10Cl2N2O. The number of rotatable bonds is 2. The minimum Gasteiger partial charge on any atom is -0.276 e. The normalized spacial score (nSPS) is 10.6. The minimum absolute atomic E-state index is 0.461. The predicted molar refractivity (Wildman–Crippen MR) is 68.2 cm³/mol. The Bertz CT molecular complexity index is 573. The maximum Gasteiger partial charge on any atom is 0.252 e. The van der Waals surface area contributed by atoms with Crippen molar-refractivity contribution in [3.05, 3.63) is 46.2 Å². The average Bonchev–Trinajstić information content (AvgIpc) is 2.57. The number of benzene rings is 1. The summed E-state index contributed by atoms with van der Waals surface area (Å²) in [5.74, 6) is 0. The molecule has 0 fully saturated rings. The summed E-state index contributed by atoms with van der Waals surface area (Å²) < 4.78 is 1.74. The largest absolute Gasteiger partial charge is 0.276 e. The quantitative estimate of drug-likeness (QED) is 0.782. The molecule has 17 heavy (non-hydrogen) atoms. The maximum atomic E-state index is 10.9. The monoisotopic (exact) mass is 268 g/mol. The summed E-state index contributed by atoms with van der Waals surface area (Å²) in [5, 5.41) is 4.51. The molecule has 0 aliphatic rings. The third-order valence-electron chi connectivity index (χ3n) is 2.54. The van der Waals surface area contributed by atoms with Gasteiger partial charge in [-0.25, -0.2) is 4.68 Å². The summed E-state index contributed by atoms with van der Waals surface area (Å²) in [5.41, 5.74) is 2.96. The Morgan fingerprint density at radius 1 is 1.24 bits per heavy atom. The van der Waals surface area contributed by atoms with E-state index in [-0.39, 0.29) is 0 Å². The lowest BCUT2D eigenvalue weighted by atomic mass is 10.2. The predicted octanol–water partition coefficient (Wildman–Crippen LogP) is 3.52. The van der Waals surface area contributed by atoms with Gasteiger partial charge in [0.1, 0.15) is 0 Å². The standard InChI is InChI=1S/C12H10Cl2N2O/c1-7-11(13)8(2)16(15-7)10-5-3-9(4-6-10)12(14)17/h3-6H,1-2H3. The first-order valence-corrected chi connectivity index (χ1v) is 5.78. The molecule has 0 N–H and O–H groups in total. The second-order valence-corrected chi connectivity index (χ2v) is 4.44. The van der Waals surface area contributed by atoms with Gasteiger partial charge in [-0.2, -0.15) is 5.10 Å². The molecule has 1 aromatic carbocycles. The summed E-state index contributed by atoms with van der Waals surface area (Å²) in [6, 6.07) is 6.89. The molecule has 2 rings (SSSR count). The second kappa shape index (κ2) is 4.51. The molecular weight excluding hydrogens is 259 g/mol. The number of hydrogen-bond acceptors (Lipinski definition) is 2. The zero-order valence-corrected chi connectivity index (χ0v) is 10.9. The van der Waals surface area contributed by atoms with Crippen molar-refractivity contribution in [1.82, 2.24) is 9.78 Å². The van der Waals surface area contributed by atoms with Crippen LogP contribution < -0.4 is 0 Å². The van der Waals surface area contributed by atoms with Crippen molar-refractivity contribution in [2.24, 2.45) is 0 Å². The number of hydrogen-bond donors (Lipinski definition) is 0. The van der Waals surface area contributed by atoms with E-state index < -0.39 is 5.24 Å². The average molecular weight is 269 g/mol. The number of halogens is 2. The molecule has 5 heteroatoms. The third-order valence-corrected chi connectivity index (χ3v) is 3.31. The van der Waals surface area contributed by atoms with E-state index in [9.17, 15) is 4.79 Å². The van der Waals surface area contributed by atoms with Crippen molar-refractivity contribution in [3.8, 4) is 5.69 Å². The van der Waals surface area contributed by atoms with Gasteiger partial charge in [0.25, 0.3) is 5.24 Å². The molecule has 1 aromatic heterocycles. The van der Waals surface area contributed by atoms with Crippen LogP contribution in [-0.2, 0) is 0 Å². The van der Waals surface area contributed by atoms with Gasteiger partial charge in [-0.05, 0) is 49.7 Å². The zero-order valence-electron chi connectivity index (χ0n) is 9.37. The van der Waals surface area contributed by atoms with E-state index in [1.54, 1.807) is 28.9 Å². The first kappa shape index (κ1) is 12.1. The zero-order chi connectivity index (χ0) is 12.6. The summed E-state index contributed by atoms with van der Waals surface area (Å²) in [4.78, 5) is 10.9. The number of aromatic nitrogens is 2. The number of nitrogens with zero attached hydrogens (tertiary/aromatic N) is 2. The molecule has 0 aliphatic carbocycles. The SMILES string of the molecule is Cc1nn(-c2ccc(C(=O)Cl)cc2)c(C)c1Cl.